The molecule has 0 aromatic heterocycles. The van der Waals surface area contributed by atoms with Crippen LogP contribution < -0.4 is 5.32 Å². The Morgan fingerprint density at radius 2 is 2.00 bits per heavy atom. The third-order valence-corrected chi connectivity index (χ3v) is 3.39. The molecule has 0 fully saturated rings. The zero-order valence-corrected chi connectivity index (χ0v) is 12.2. The quantitative estimate of drug-likeness (QED) is 0.651. The van der Waals surface area contributed by atoms with Crippen molar-refractivity contribution in [1.82, 2.24) is 0 Å². The Bertz CT molecular complexity index is 649. The van der Waals surface area contributed by atoms with Gasteiger partial charge in [-0.05, 0) is 25.1 Å². The SMILES string of the molecule is CC(Nc1ccc(Br)cc1[N+](=O)[O-])c1ccccc1F. The summed E-state index contributed by atoms with van der Waals surface area (Å²) in [7, 11) is 0. The fourth-order valence-electron chi connectivity index (χ4n) is 1.92. The number of hydrogen-bond acceptors (Lipinski definition) is 3. The molecule has 0 heterocycles. The summed E-state index contributed by atoms with van der Waals surface area (Å²) >= 11 is 3.20. The normalized spacial score (nSPS) is 11.9. The molecule has 0 aliphatic carbocycles. The van der Waals surface area contributed by atoms with Gasteiger partial charge in [-0.15, -0.1) is 0 Å². The molecule has 1 N–H and O–H groups in total. The van der Waals surface area contributed by atoms with Gasteiger partial charge in [-0.1, -0.05) is 34.1 Å². The molecule has 0 bridgehead atoms. The van der Waals surface area contributed by atoms with Gasteiger partial charge in [0.1, 0.15) is 11.5 Å². The van der Waals surface area contributed by atoms with E-state index in [0.29, 0.717) is 15.7 Å². The summed E-state index contributed by atoms with van der Waals surface area (Å²) in [5, 5.41) is 14.0. The van der Waals surface area contributed by atoms with Gasteiger partial charge in [-0.25, -0.2) is 4.39 Å². The Hall–Kier alpha value is -1.95. The van der Waals surface area contributed by atoms with Crippen LogP contribution in [0.3, 0.4) is 0 Å². The average Bonchev–Trinajstić information content (AvgIpc) is 2.41. The lowest BCUT2D eigenvalue weighted by atomic mass is 10.1. The molecule has 6 heteroatoms. The summed E-state index contributed by atoms with van der Waals surface area (Å²) in [6.07, 6.45) is 0. The first-order chi connectivity index (χ1) is 9.49. The molecular weight excluding hydrogens is 327 g/mol. The van der Waals surface area contributed by atoms with E-state index in [-0.39, 0.29) is 17.5 Å². The second kappa shape index (κ2) is 6.00. The standard InChI is InChI=1S/C14H12BrFN2O2/c1-9(11-4-2-3-5-12(11)16)17-13-7-6-10(15)8-14(13)18(19)20/h2-9,17H,1H3. The van der Waals surface area contributed by atoms with Gasteiger partial charge in [0.15, 0.2) is 0 Å². The van der Waals surface area contributed by atoms with Gasteiger partial charge in [0.05, 0.1) is 11.0 Å². The Kier molecular flexibility index (Phi) is 4.34. The first kappa shape index (κ1) is 14.5. The molecule has 20 heavy (non-hydrogen) atoms. The van der Waals surface area contributed by atoms with E-state index in [0.717, 1.165) is 0 Å². The fourth-order valence-corrected chi connectivity index (χ4v) is 2.26. The van der Waals surface area contributed by atoms with Crippen molar-refractivity contribution in [1.29, 1.82) is 0 Å². The van der Waals surface area contributed by atoms with Crippen LogP contribution >= 0.6 is 15.9 Å². The van der Waals surface area contributed by atoms with Crippen LogP contribution in [0.15, 0.2) is 46.9 Å². The number of benzene rings is 2. The number of nitro groups is 1. The Morgan fingerprint density at radius 3 is 2.65 bits per heavy atom. The van der Waals surface area contributed by atoms with Crippen LogP contribution in [0.2, 0.25) is 0 Å². The van der Waals surface area contributed by atoms with Crippen molar-refractivity contribution in [2.75, 3.05) is 5.32 Å². The number of nitrogens with zero attached hydrogens (tertiary/aromatic N) is 1. The van der Waals surface area contributed by atoms with Crippen molar-refractivity contribution >= 4 is 27.3 Å². The van der Waals surface area contributed by atoms with Gasteiger partial charge in [-0.2, -0.15) is 0 Å². The van der Waals surface area contributed by atoms with Crippen LogP contribution in [0, 0.1) is 15.9 Å². The van der Waals surface area contributed by atoms with Gasteiger partial charge in [0.2, 0.25) is 0 Å². The zero-order chi connectivity index (χ0) is 14.7. The van der Waals surface area contributed by atoms with E-state index in [1.807, 2.05) is 0 Å². The van der Waals surface area contributed by atoms with Crippen molar-refractivity contribution < 1.29 is 9.31 Å². The lowest BCUT2D eigenvalue weighted by Crippen LogP contribution is -2.10. The summed E-state index contributed by atoms with van der Waals surface area (Å²) < 4.78 is 14.3. The van der Waals surface area contributed by atoms with Crippen molar-refractivity contribution in [2.24, 2.45) is 0 Å². The molecule has 0 saturated heterocycles. The second-order valence-electron chi connectivity index (χ2n) is 4.31. The molecule has 0 aliphatic rings. The monoisotopic (exact) mass is 338 g/mol. The van der Waals surface area contributed by atoms with Crippen molar-refractivity contribution in [3.63, 3.8) is 0 Å². The molecule has 4 nitrogen and oxygen atoms in total. The number of nitrogens with one attached hydrogen (secondary N) is 1. The van der Waals surface area contributed by atoms with E-state index in [4.69, 9.17) is 0 Å². The van der Waals surface area contributed by atoms with Crippen LogP contribution in [0.4, 0.5) is 15.8 Å². The maximum absolute atomic E-state index is 13.7. The molecule has 0 spiro atoms. The summed E-state index contributed by atoms with van der Waals surface area (Å²) in [6, 6.07) is 10.7. The fraction of sp³-hybridized carbons (Fsp3) is 0.143. The van der Waals surface area contributed by atoms with Crippen LogP contribution in [-0.4, -0.2) is 4.92 Å². The summed E-state index contributed by atoms with van der Waals surface area (Å²) in [5.41, 5.74) is 0.765. The Labute approximate surface area is 123 Å². The highest BCUT2D eigenvalue weighted by Crippen LogP contribution is 2.31. The third-order valence-electron chi connectivity index (χ3n) is 2.90. The van der Waals surface area contributed by atoms with E-state index in [2.05, 4.69) is 21.2 Å². The summed E-state index contributed by atoms with van der Waals surface area (Å²) in [4.78, 5) is 10.6. The minimum atomic E-state index is -0.471. The molecule has 0 aliphatic heterocycles. The number of nitro benzene ring substituents is 1. The Morgan fingerprint density at radius 1 is 1.30 bits per heavy atom. The van der Waals surface area contributed by atoms with Crippen LogP contribution in [0.1, 0.15) is 18.5 Å². The number of halogens is 2. The summed E-state index contributed by atoms with van der Waals surface area (Å²) in [6.45, 7) is 1.75. The second-order valence-corrected chi connectivity index (χ2v) is 5.22. The maximum atomic E-state index is 13.7. The largest absolute Gasteiger partial charge is 0.373 e. The highest BCUT2D eigenvalue weighted by Gasteiger charge is 2.17. The van der Waals surface area contributed by atoms with Gasteiger partial charge in [0, 0.05) is 16.1 Å². The third kappa shape index (κ3) is 3.14. The smallest absolute Gasteiger partial charge is 0.293 e. The Balaban J connectivity index is 2.31. The first-order valence-corrected chi connectivity index (χ1v) is 6.73. The van der Waals surface area contributed by atoms with E-state index in [9.17, 15) is 14.5 Å². The van der Waals surface area contributed by atoms with E-state index < -0.39 is 4.92 Å². The minimum Gasteiger partial charge on any atom is -0.373 e. The van der Waals surface area contributed by atoms with Gasteiger partial charge in [0.25, 0.3) is 5.69 Å². The summed E-state index contributed by atoms with van der Waals surface area (Å²) in [5.74, 6) is -0.340. The topological polar surface area (TPSA) is 55.2 Å². The minimum absolute atomic E-state index is 0.0532. The molecule has 2 aromatic rings. The molecule has 104 valence electrons. The number of rotatable bonds is 4. The molecule has 0 saturated carbocycles. The van der Waals surface area contributed by atoms with E-state index >= 15 is 0 Å². The van der Waals surface area contributed by atoms with Gasteiger partial charge < -0.3 is 5.32 Å². The highest BCUT2D eigenvalue weighted by molar-refractivity contribution is 9.10. The molecular formula is C14H12BrFN2O2. The van der Waals surface area contributed by atoms with E-state index in [1.54, 1.807) is 37.3 Å². The van der Waals surface area contributed by atoms with Gasteiger partial charge >= 0.3 is 0 Å². The molecule has 1 unspecified atom stereocenters. The van der Waals surface area contributed by atoms with Crippen LogP contribution in [-0.2, 0) is 0 Å². The first-order valence-electron chi connectivity index (χ1n) is 5.94. The van der Waals surface area contributed by atoms with E-state index in [1.165, 1.54) is 12.1 Å². The predicted octanol–water partition coefficient (Wildman–Crippen LogP) is 4.67. The molecule has 0 amide bonds. The highest BCUT2D eigenvalue weighted by atomic mass is 79.9. The van der Waals surface area contributed by atoms with Crippen molar-refractivity contribution in [2.45, 2.75) is 13.0 Å². The molecule has 1 atom stereocenters. The molecule has 2 rings (SSSR count). The average molecular weight is 339 g/mol. The zero-order valence-electron chi connectivity index (χ0n) is 10.6. The maximum Gasteiger partial charge on any atom is 0.293 e. The van der Waals surface area contributed by atoms with Gasteiger partial charge in [-0.3, -0.25) is 10.1 Å². The molecule has 2 aromatic carbocycles. The lowest BCUT2D eigenvalue weighted by Gasteiger charge is -2.16. The predicted molar refractivity (Wildman–Crippen MR) is 79.2 cm³/mol. The van der Waals surface area contributed by atoms with Crippen LogP contribution in [0.5, 0.6) is 0 Å². The lowest BCUT2D eigenvalue weighted by molar-refractivity contribution is -0.384. The van der Waals surface area contributed by atoms with Crippen LogP contribution in [0.25, 0.3) is 0 Å². The van der Waals surface area contributed by atoms with Crippen molar-refractivity contribution in [3.8, 4) is 0 Å². The molecule has 0 radical (unpaired) electrons. The van der Waals surface area contributed by atoms with Crippen molar-refractivity contribution in [3.05, 3.63) is 68.4 Å². The number of anilines is 1. The number of hydrogen-bond donors (Lipinski definition) is 1.